The first-order valence-corrected chi connectivity index (χ1v) is 5.80. The van der Waals surface area contributed by atoms with E-state index in [-0.39, 0.29) is 16.9 Å². The van der Waals surface area contributed by atoms with Crippen LogP contribution in [0.25, 0.3) is 0 Å². The minimum absolute atomic E-state index is 0.153. The number of rotatable bonds is 6. The standard InChI is InChI=1S/C11H15ClN2O2/c12-5-2-1-3-6-14-11(16)9-8-13-7-4-10(9)15/h4,7-8H,1-3,5-6H2,(H,13,15)(H,14,16). The van der Waals surface area contributed by atoms with E-state index in [9.17, 15) is 9.59 Å². The number of nitrogens with one attached hydrogen (secondary N) is 2. The Morgan fingerprint density at radius 2 is 2.19 bits per heavy atom. The zero-order chi connectivity index (χ0) is 11.8. The highest BCUT2D eigenvalue weighted by molar-refractivity contribution is 6.17. The molecule has 1 amide bonds. The van der Waals surface area contributed by atoms with Crippen molar-refractivity contribution < 1.29 is 4.79 Å². The number of alkyl halides is 1. The van der Waals surface area contributed by atoms with Crippen LogP contribution in [0.3, 0.4) is 0 Å². The Morgan fingerprint density at radius 3 is 2.88 bits per heavy atom. The normalized spacial score (nSPS) is 10.1. The van der Waals surface area contributed by atoms with E-state index in [1.165, 1.54) is 18.5 Å². The molecule has 1 rings (SSSR count). The number of hydrogen-bond donors (Lipinski definition) is 2. The van der Waals surface area contributed by atoms with Crippen LogP contribution in [0.5, 0.6) is 0 Å². The molecule has 0 radical (unpaired) electrons. The van der Waals surface area contributed by atoms with Crippen LogP contribution in [0, 0.1) is 0 Å². The van der Waals surface area contributed by atoms with Crippen LogP contribution >= 0.6 is 11.6 Å². The molecule has 0 atom stereocenters. The minimum Gasteiger partial charge on any atom is -0.367 e. The molecule has 88 valence electrons. The van der Waals surface area contributed by atoms with Crippen molar-refractivity contribution in [2.75, 3.05) is 12.4 Å². The quantitative estimate of drug-likeness (QED) is 0.587. The average Bonchev–Trinajstić information content (AvgIpc) is 2.29. The van der Waals surface area contributed by atoms with Gasteiger partial charge in [0.15, 0.2) is 5.43 Å². The molecule has 16 heavy (non-hydrogen) atoms. The highest BCUT2D eigenvalue weighted by atomic mass is 35.5. The lowest BCUT2D eigenvalue weighted by Gasteiger charge is -2.03. The molecule has 1 aromatic rings. The summed E-state index contributed by atoms with van der Waals surface area (Å²) in [6, 6.07) is 1.34. The van der Waals surface area contributed by atoms with Crippen molar-refractivity contribution in [2.45, 2.75) is 19.3 Å². The smallest absolute Gasteiger partial charge is 0.256 e. The fraction of sp³-hybridized carbons (Fsp3) is 0.455. The van der Waals surface area contributed by atoms with Crippen molar-refractivity contribution >= 4 is 17.5 Å². The second-order valence-electron chi connectivity index (χ2n) is 3.43. The van der Waals surface area contributed by atoms with Crippen molar-refractivity contribution in [1.29, 1.82) is 0 Å². The van der Waals surface area contributed by atoms with Gasteiger partial charge in [-0.3, -0.25) is 9.59 Å². The third kappa shape index (κ3) is 4.06. The molecule has 0 fully saturated rings. The number of carbonyl (C=O) groups excluding carboxylic acids is 1. The summed E-state index contributed by atoms with van der Waals surface area (Å²) in [6.07, 6.45) is 5.72. The zero-order valence-electron chi connectivity index (χ0n) is 8.96. The van der Waals surface area contributed by atoms with E-state index in [1.54, 1.807) is 0 Å². The number of H-pyrrole nitrogens is 1. The number of halogens is 1. The second-order valence-corrected chi connectivity index (χ2v) is 3.81. The van der Waals surface area contributed by atoms with E-state index >= 15 is 0 Å². The summed E-state index contributed by atoms with van der Waals surface area (Å²) >= 11 is 5.53. The van der Waals surface area contributed by atoms with Gasteiger partial charge in [0.05, 0.1) is 0 Å². The predicted octanol–water partition coefficient (Wildman–Crippen LogP) is 1.51. The van der Waals surface area contributed by atoms with Gasteiger partial charge in [0.25, 0.3) is 5.91 Å². The Hall–Kier alpha value is -1.29. The number of pyridine rings is 1. The highest BCUT2D eigenvalue weighted by Gasteiger charge is 2.07. The molecular weight excluding hydrogens is 228 g/mol. The van der Waals surface area contributed by atoms with Crippen molar-refractivity contribution in [2.24, 2.45) is 0 Å². The number of aromatic nitrogens is 1. The third-order valence-electron chi connectivity index (χ3n) is 2.16. The molecule has 1 heterocycles. The SMILES string of the molecule is O=C(NCCCCCCl)c1c[nH]ccc1=O. The maximum atomic E-state index is 11.5. The van der Waals surface area contributed by atoms with Crippen molar-refractivity contribution in [3.8, 4) is 0 Å². The predicted molar refractivity (Wildman–Crippen MR) is 64.0 cm³/mol. The molecule has 4 nitrogen and oxygen atoms in total. The van der Waals surface area contributed by atoms with Gasteiger partial charge in [0.1, 0.15) is 5.56 Å². The molecule has 0 aromatic carbocycles. The molecule has 0 spiro atoms. The van der Waals surface area contributed by atoms with Gasteiger partial charge >= 0.3 is 0 Å². The monoisotopic (exact) mass is 242 g/mol. The lowest BCUT2D eigenvalue weighted by Crippen LogP contribution is -2.29. The number of hydrogen-bond acceptors (Lipinski definition) is 2. The number of amides is 1. The lowest BCUT2D eigenvalue weighted by atomic mass is 10.2. The number of aromatic amines is 1. The van der Waals surface area contributed by atoms with Crippen molar-refractivity contribution in [3.63, 3.8) is 0 Å². The van der Waals surface area contributed by atoms with Gasteiger partial charge in [-0.1, -0.05) is 6.42 Å². The van der Waals surface area contributed by atoms with Crippen LogP contribution < -0.4 is 10.7 Å². The van der Waals surface area contributed by atoms with E-state index < -0.39 is 0 Å². The second kappa shape index (κ2) is 7.06. The van der Waals surface area contributed by atoms with Crippen LogP contribution in [0.1, 0.15) is 29.6 Å². The summed E-state index contributed by atoms with van der Waals surface area (Å²) in [7, 11) is 0. The maximum Gasteiger partial charge on any atom is 0.256 e. The molecule has 2 N–H and O–H groups in total. The first-order valence-electron chi connectivity index (χ1n) is 5.27. The molecule has 0 unspecified atom stereocenters. The highest BCUT2D eigenvalue weighted by Crippen LogP contribution is 1.96. The minimum atomic E-state index is -0.326. The summed E-state index contributed by atoms with van der Waals surface area (Å²) in [6.45, 7) is 0.573. The van der Waals surface area contributed by atoms with Crippen LogP contribution in [-0.4, -0.2) is 23.3 Å². The van der Waals surface area contributed by atoms with Crippen LogP contribution in [0.2, 0.25) is 0 Å². The van der Waals surface area contributed by atoms with Crippen molar-refractivity contribution in [1.82, 2.24) is 10.3 Å². The average molecular weight is 243 g/mol. The van der Waals surface area contributed by atoms with Crippen LogP contribution in [0.4, 0.5) is 0 Å². The largest absolute Gasteiger partial charge is 0.367 e. The number of carbonyl (C=O) groups is 1. The van der Waals surface area contributed by atoms with Crippen molar-refractivity contribution in [3.05, 3.63) is 34.2 Å². The first kappa shape index (κ1) is 12.8. The van der Waals surface area contributed by atoms with Gasteiger partial charge in [-0.05, 0) is 12.8 Å². The summed E-state index contributed by atoms with van der Waals surface area (Å²) < 4.78 is 0. The third-order valence-corrected chi connectivity index (χ3v) is 2.43. The fourth-order valence-corrected chi connectivity index (χ4v) is 1.48. The molecule has 5 heteroatoms. The summed E-state index contributed by atoms with van der Waals surface area (Å²) in [4.78, 5) is 25.6. The lowest BCUT2D eigenvalue weighted by molar-refractivity contribution is 0.0951. The number of unbranched alkanes of at least 4 members (excludes halogenated alkanes) is 2. The molecule has 0 aliphatic rings. The van der Waals surface area contributed by atoms with E-state index in [2.05, 4.69) is 10.3 Å². The van der Waals surface area contributed by atoms with Gasteiger partial charge in [0, 0.05) is 30.9 Å². The van der Waals surface area contributed by atoms with E-state index in [4.69, 9.17) is 11.6 Å². The Bertz CT molecular complexity index is 390. The molecule has 0 saturated heterocycles. The Labute approximate surface area is 99.0 Å². The Balaban J connectivity index is 2.36. The van der Waals surface area contributed by atoms with Gasteiger partial charge < -0.3 is 10.3 Å². The maximum absolute atomic E-state index is 11.5. The van der Waals surface area contributed by atoms with Crippen LogP contribution in [-0.2, 0) is 0 Å². The topological polar surface area (TPSA) is 62.0 Å². The molecular formula is C11H15ClN2O2. The molecule has 0 saturated carbocycles. The summed E-state index contributed by atoms with van der Waals surface area (Å²) in [5.74, 6) is 0.319. The summed E-state index contributed by atoms with van der Waals surface area (Å²) in [5.41, 5.74) is -0.114. The summed E-state index contributed by atoms with van der Waals surface area (Å²) in [5, 5.41) is 2.70. The Morgan fingerprint density at radius 1 is 1.38 bits per heavy atom. The van der Waals surface area contributed by atoms with Gasteiger partial charge in [0.2, 0.25) is 0 Å². The van der Waals surface area contributed by atoms with Crippen LogP contribution in [0.15, 0.2) is 23.3 Å². The molecule has 0 aliphatic carbocycles. The fourth-order valence-electron chi connectivity index (χ4n) is 1.29. The first-order chi connectivity index (χ1) is 7.75. The van der Waals surface area contributed by atoms with E-state index in [0.29, 0.717) is 12.4 Å². The van der Waals surface area contributed by atoms with E-state index in [0.717, 1.165) is 19.3 Å². The molecule has 0 bridgehead atoms. The van der Waals surface area contributed by atoms with Gasteiger partial charge in [-0.2, -0.15) is 0 Å². The molecule has 1 aromatic heterocycles. The van der Waals surface area contributed by atoms with E-state index in [1.807, 2.05) is 0 Å². The Kier molecular flexibility index (Phi) is 5.64. The van der Waals surface area contributed by atoms with Gasteiger partial charge in [-0.15, -0.1) is 11.6 Å². The van der Waals surface area contributed by atoms with Gasteiger partial charge in [-0.25, -0.2) is 0 Å². The zero-order valence-corrected chi connectivity index (χ0v) is 9.72. The molecule has 0 aliphatic heterocycles.